The van der Waals surface area contributed by atoms with Gasteiger partial charge >= 0.3 is 12.2 Å². The number of rotatable bonds is 7. The number of benzene rings is 1. The van der Waals surface area contributed by atoms with Gasteiger partial charge in [0.25, 0.3) is 0 Å². The summed E-state index contributed by atoms with van der Waals surface area (Å²) >= 11 is 0. The number of morpholine rings is 1. The van der Waals surface area contributed by atoms with Crippen molar-refractivity contribution in [1.82, 2.24) is 19.7 Å². The molecule has 4 heterocycles. The number of halogens is 3. The zero-order chi connectivity index (χ0) is 28.3. The van der Waals surface area contributed by atoms with Crippen LogP contribution in [0.15, 0.2) is 42.6 Å². The molecule has 9 nitrogen and oxygen atoms in total. The van der Waals surface area contributed by atoms with Gasteiger partial charge in [0.1, 0.15) is 5.82 Å². The maximum atomic E-state index is 12.9. The van der Waals surface area contributed by atoms with E-state index in [0.717, 1.165) is 28.2 Å². The first kappa shape index (κ1) is 27.9. The number of carbonyl (C=O) groups is 1. The molecule has 1 atom stereocenters. The van der Waals surface area contributed by atoms with Gasteiger partial charge in [-0.3, -0.25) is 4.68 Å². The van der Waals surface area contributed by atoms with Crippen LogP contribution in [0.1, 0.15) is 18.4 Å². The minimum Gasteiger partial charge on any atom is -0.394 e. The molecule has 0 bridgehead atoms. The SMILES string of the molecule is Cc1ccc(NC(=O)N2CCC(CC(F)(F)F)C2)cc1-c1cc(-c2ccnn2CCO)nc(N2CCOCC2)c1. The molecule has 1 unspecified atom stereocenters. The molecule has 0 aliphatic carbocycles. The highest BCUT2D eigenvalue weighted by Gasteiger charge is 2.36. The Balaban J connectivity index is 1.43. The van der Waals surface area contributed by atoms with Crippen LogP contribution < -0.4 is 10.2 Å². The van der Waals surface area contributed by atoms with Crippen LogP contribution in [0.25, 0.3) is 22.5 Å². The minimum atomic E-state index is -4.23. The fraction of sp³-hybridized carbons (Fsp3) is 0.464. The molecule has 2 aromatic heterocycles. The van der Waals surface area contributed by atoms with Crippen LogP contribution in [0.4, 0.5) is 29.5 Å². The highest BCUT2D eigenvalue weighted by molar-refractivity contribution is 5.91. The molecule has 3 aromatic rings. The number of aryl methyl sites for hydroxylation is 1. The molecule has 2 fully saturated rings. The van der Waals surface area contributed by atoms with Crippen molar-refractivity contribution in [3.05, 3.63) is 48.2 Å². The first-order valence-electron chi connectivity index (χ1n) is 13.4. The number of urea groups is 1. The molecule has 2 N–H and O–H groups in total. The largest absolute Gasteiger partial charge is 0.394 e. The summed E-state index contributed by atoms with van der Waals surface area (Å²) in [5, 5.41) is 16.7. The monoisotopic (exact) mass is 558 g/mol. The molecule has 2 aliphatic heterocycles. The number of nitrogens with zero attached hydrogens (tertiary/aromatic N) is 5. The second-order valence-electron chi connectivity index (χ2n) is 10.2. The number of ether oxygens (including phenoxy) is 1. The number of aromatic nitrogens is 3. The van der Waals surface area contributed by atoms with E-state index in [1.807, 2.05) is 37.3 Å². The van der Waals surface area contributed by atoms with Gasteiger partial charge in [0.15, 0.2) is 0 Å². The fourth-order valence-electron chi connectivity index (χ4n) is 5.30. The van der Waals surface area contributed by atoms with E-state index >= 15 is 0 Å². The zero-order valence-electron chi connectivity index (χ0n) is 22.3. The van der Waals surface area contributed by atoms with Crippen molar-refractivity contribution in [2.45, 2.75) is 32.5 Å². The summed E-state index contributed by atoms with van der Waals surface area (Å²) in [5.41, 5.74) is 4.80. The third kappa shape index (κ3) is 6.56. The van der Waals surface area contributed by atoms with E-state index in [2.05, 4.69) is 15.3 Å². The molecule has 2 amide bonds. The first-order valence-corrected chi connectivity index (χ1v) is 13.4. The Hall–Kier alpha value is -3.64. The second-order valence-corrected chi connectivity index (χ2v) is 10.2. The number of nitrogens with one attached hydrogen (secondary N) is 1. The molecule has 1 aromatic carbocycles. The van der Waals surface area contributed by atoms with Crippen LogP contribution in [0.3, 0.4) is 0 Å². The molecule has 5 rings (SSSR count). The Morgan fingerprint density at radius 3 is 2.70 bits per heavy atom. The lowest BCUT2D eigenvalue weighted by atomic mass is 9.99. The molecule has 0 spiro atoms. The van der Waals surface area contributed by atoms with E-state index in [1.165, 1.54) is 4.90 Å². The van der Waals surface area contributed by atoms with E-state index in [-0.39, 0.29) is 13.2 Å². The van der Waals surface area contributed by atoms with Gasteiger partial charge in [0, 0.05) is 44.5 Å². The molecule has 0 radical (unpaired) electrons. The molecular formula is C28H33F3N6O3. The molecule has 2 aliphatic rings. The highest BCUT2D eigenvalue weighted by Crippen LogP contribution is 2.34. The van der Waals surface area contributed by atoms with Gasteiger partial charge in [0.2, 0.25) is 0 Å². The van der Waals surface area contributed by atoms with Gasteiger partial charge in [-0.1, -0.05) is 6.07 Å². The third-order valence-corrected chi connectivity index (χ3v) is 7.33. The van der Waals surface area contributed by atoms with Gasteiger partial charge in [-0.05, 0) is 66.3 Å². The Morgan fingerprint density at radius 1 is 1.15 bits per heavy atom. The number of carbonyl (C=O) groups excluding carboxylic acids is 1. The lowest BCUT2D eigenvalue weighted by molar-refractivity contribution is -0.143. The molecule has 214 valence electrons. The number of likely N-dealkylation sites (tertiary alicyclic amines) is 1. The van der Waals surface area contributed by atoms with Crippen molar-refractivity contribution in [1.29, 1.82) is 0 Å². The second kappa shape index (κ2) is 11.8. The topological polar surface area (TPSA) is 95.8 Å². The van der Waals surface area contributed by atoms with Crippen LogP contribution in [0, 0.1) is 12.8 Å². The average molecular weight is 559 g/mol. The summed E-state index contributed by atoms with van der Waals surface area (Å²) in [6.07, 6.45) is -3.10. The van der Waals surface area contributed by atoms with E-state index < -0.39 is 24.5 Å². The molecule has 12 heteroatoms. The van der Waals surface area contributed by atoms with Crippen LogP contribution in [-0.2, 0) is 11.3 Å². The standard InChI is InChI=1S/C28H33F3N6O3/c1-19-2-3-22(33-27(39)36-7-5-20(18-36)17-28(29,30)31)16-23(19)21-14-24(25-4-6-32-37(25)8-11-38)34-26(15-21)35-9-12-40-13-10-35/h2-4,6,14-16,20,38H,5,7-13,17-18H2,1H3,(H,33,39). The number of hydrogen-bond acceptors (Lipinski definition) is 6. The Bertz CT molecular complexity index is 1340. The normalized spacial score (nSPS) is 17.9. The van der Waals surface area contributed by atoms with Crippen LogP contribution >= 0.6 is 0 Å². The van der Waals surface area contributed by atoms with Crippen LogP contribution in [-0.4, -0.2) is 83.0 Å². The number of aliphatic hydroxyl groups excluding tert-OH is 1. The van der Waals surface area contributed by atoms with Crippen molar-refractivity contribution < 1.29 is 27.8 Å². The molecule has 2 saturated heterocycles. The molecule has 0 saturated carbocycles. The summed E-state index contributed by atoms with van der Waals surface area (Å²) in [4.78, 5) is 21.4. The Morgan fingerprint density at radius 2 is 1.95 bits per heavy atom. The maximum Gasteiger partial charge on any atom is 0.389 e. The number of alkyl halides is 3. The van der Waals surface area contributed by atoms with Gasteiger partial charge < -0.3 is 25.0 Å². The van der Waals surface area contributed by atoms with E-state index in [0.29, 0.717) is 57.2 Å². The van der Waals surface area contributed by atoms with Gasteiger partial charge in [-0.15, -0.1) is 0 Å². The maximum absolute atomic E-state index is 12.9. The van der Waals surface area contributed by atoms with E-state index in [4.69, 9.17) is 9.72 Å². The molecular weight excluding hydrogens is 525 g/mol. The van der Waals surface area contributed by atoms with Gasteiger partial charge in [-0.2, -0.15) is 18.3 Å². The Labute approximate surface area is 230 Å². The van der Waals surface area contributed by atoms with Crippen LogP contribution in [0.2, 0.25) is 0 Å². The lowest BCUT2D eigenvalue weighted by Crippen LogP contribution is -2.36. The summed E-state index contributed by atoms with van der Waals surface area (Å²) in [5.74, 6) is 0.210. The average Bonchev–Trinajstić information content (AvgIpc) is 3.59. The smallest absolute Gasteiger partial charge is 0.389 e. The zero-order valence-corrected chi connectivity index (χ0v) is 22.3. The molecule has 40 heavy (non-hydrogen) atoms. The summed E-state index contributed by atoms with van der Waals surface area (Å²) in [7, 11) is 0. The number of pyridine rings is 1. The third-order valence-electron chi connectivity index (χ3n) is 7.33. The predicted molar refractivity (Wildman–Crippen MR) is 145 cm³/mol. The van der Waals surface area contributed by atoms with Crippen molar-refractivity contribution in [2.75, 3.05) is 56.2 Å². The predicted octanol–water partition coefficient (Wildman–Crippen LogP) is 4.56. The van der Waals surface area contributed by atoms with Crippen molar-refractivity contribution in [3.8, 4) is 22.5 Å². The van der Waals surface area contributed by atoms with Crippen LogP contribution in [0.5, 0.6) is 0 Å². The van der Waals surface area contributed by atoms with Crippen molar-refractivity contribution in [3.63, 3.8) is 0 Å². The van der Waals surface area contributed by atoms with E-state index in [1.54, 1.807) is 16.9 Å². The fourth-order valence-corrected chi connectivity index (χ4v) is 5.30. The van der Waals surface area contributed by atoms with Gasteiger partial charge in [0.05, 0.1) is 37.8 Å². The Kier molecular flexibility index (Phi) is 8.27. The summed E-state index contributed by atoms with van der Waals surface area (Å²) in [6, 6.07) is 11.0. The van der Waals surface area contributed by atoms with Crippen molar-refractivity contribution >= 4 is 17.5 Å². The lowest BCUT2D eigenvalue weighted by Gasteiger charge is -2.28. The highest BCUT2D eigenvalue weighted by atomic mass is 19.4. The number of amides is 2. The van der Waals surface area contributed by atoms with Crippen molar-refractivity contribution in [2.24, 2.45) is 5.92 Å². The quantitative estimate of drug-likeness (QED) is 0.442. The van der Waals surface area contributed by atoms with Gasteiger partial charge in [-0.25, -0.2) is 9.78 Å². The number of anilines is 2. The summed E-state index contributed by atoms with van der Waals surface area (Å²) < 4.78 is 45.6. The minimum absolute atomic E-state index is 0.0560. The number of aliphatic hydroxyl groups is 1. The van der Waals surface area contributed by atoms with E-state index in [9.17, 15) is 23.1 Å². The summed E-state index contributed by atoms with van der Waals surface area (Å²) in [6.45, 7) is 5.24. The first-order chi connectivity index (χ1) is 19.2. The number of hydrogen-bond donors (Lipinski definition) is 2.